The summed E-state index contributed by atoms with van der Waals surface area (Å²) in [6, 6.07) is 0. The van der Waals surface area contributed by atoms with E-state index in [4.69, 9.17) is 0 Å². The maximum atomic E-state index is 12.0. The first-order valence-corrected chi connectivity index (χ1v) is 8.12. The molecule has 0 aromatic rings. The lowest BCUT2D eigenvalue weighted by Crippen LogP contribution is -2.39. The fourth-order valence-corrected chi connectivity index (χ4v) is 3.78. The third kappa shape index (κ3) is 3.97. The number of hydrogen-bond donors (Lipinski definition) is 2. The smallest absolute Gasteiger partial charge is 0.310 e. The second-order valence-electron chi connectivity index (χ2n) is 6.61. The Morgan fingerprint density at radius 2 is 1.70 bits per heavy atom. The summed E-state index contributed by atoms with van der Waals surface area (Å²) in [6.45, 7) is 0.708. The summed E-state index contributed by atoms with van der Waals surface area (Å²) < 4.78 is 0. The van der Waals surface area contributed by atoms with E-state index in [0.717, 1.165) is 31.6 Å². The van der Waals surface area contributed by atoms with Crippen LogP contribution in [0.1, 0.15) is 70.6 Å². The summed E-state index contributed by atoms with van der Waals surface area (Å²) in [5, 5.41) is 12.4. The molecule has 0 heterocycles. The van der Waals surface area contributed by atoms with Gasteiger partial charge >= 0.3 is 5.97 Å². The average Bonchev–Trinajstić information content (AvgIpc) is 2.93. The molecule has 20 heavy (non-hydrogen) atoms. The number of aliphatic carboxylic acids is 1. The van der Waals surface area contributed by atoms with Crippen LogP contribution in [0.25, 0.3) is 0 Å². The first-order chi connectivity index (χ1) is 9.62. The minimum absolute atomic E-state index is 0.0766. The highest BCUT2D eigenvalue weighted by molar-refractivity contribution is 5.85. The van der Waals surface area contributed by atoms with E-state index in [0.29, 0.717) is 19.4 Å². The Balaban J connectivity index is 1.75. The summed E-state index contributed by atoms with van der Waals surface area (Å²) in [6.07, 6.45) is 10.7. The fraction of sp³-hybridized carbons (Fsp3) is 0.875. The molecule has 2 rings (SSSR count). The Hall–Kier alpha value is -1.06. The van der Waals surface area contributed by atoms with Crippen molar-refractivity contribution in [2.45, 2.75) is 70.6 Å². The summed E-state index contributed by atoms with van der Waals surface area (Å²) >= 11 is 0. The van der Waals surface area contributed by atoms with Gasteiger partial charge < -0.3 is 10.4 Å². The van der Waals surface area contributed by atoms with E-state index in [1.807, 2.05) is 0 Å². The van der Waals surface area contributed by atoms with Gasteiger partial charge in [0, 0.05) is 13.0 Å². The zero-order valence-corrected chi connectivity index (χ0v) is 12.3. The van der Waals surface area contributed by atoms with E-state index < -0.39 is 11.4 Å². The molecule has 0 aliphatic heterocycles. The predicted octanol–water partition coefficient (Wildman–Crippen LogP) is 3.11. The number of carbonyl (C=O) groups excluding carboxylic acids is 1. The topological polar surface area (TPSA) is 66.4 Å². The Bertz CT molecular complexity index is 342. The zero-order chi connectivity index (χ0) is 14.4. The van der Waals surface area contributed by atoms with Gasteiger partial charge in [-0.25, -0.2) is 0 Å². The first kappa shape index (κ1) is 15.3. The SMILES string of the molecule is O=C(CC1(C(=O)O)CCCCC1)NCCC1CCCC1. The minimum Gasteiger partial charge on any atom is -0.481 e. The van der Waals surface area contributed by atoms with Crippen LogP contribution in [0.15, 0.2) is 0 Å². The molecule has 0 aromatic heterocycles. The van der Waals surface area contributed by atoms with E-state index in [-0.39, 0.29) is 12.3 Å². The van der Waals surface area contributed by atoms with Gasteiger partial charge in [0.05, 0.1) is 5.41 Å². The Morgan fingerprint density at radius 3 is 2.30 bits per heavy atom. The van der Waals surface area contributed by atoms with Gasteiger partial charge in [-0.1, -0.05) is 44.9 Å². The maximum absolute atomic E-state index is 12.0. The number of carbonyl (C=O) groups is 2. The lowest BCUT2D eigenvalue weighted by molar-refractivity contribution is -0.154. The van der Waals surface area contributed by atoms with Crippen LogP contribution in [0, 0.1) is 11.3 Å². The molecule has 2 saturated carbocycles. The normalized spacial score (nSPS) is 22.6. The predicted molar refractivity (Wildman–Crippen MR) is 77.4 cm³/mol. The second kappa shape index (κ2) is 7.09. The highest BCUT2D eigenvalue weighted by Crippen LogP contribution is 2.39. The number of carboxylic acids is 1. The van der Waals surface area contributed by atoms with Gasteiger partial charge in [-0.2, -0.15) is 0 Å². The quantitative estimate of drug-likeness (QED) is 0.786. The van der Waals surface area contributed by atoms with Crippen LogP contribution in [0.2, 0.25) is 0 Å². The molecule has 4 heteroatoms. The first-order valence-electron chi connectivity index (χ1n) is 8.12. The highest BCUT2D eigenvalue weighted by Gasteiger charge is 2.41. The third-order valence-corrected chi connectivity index (χ3v) is 5.11. The van der Waals surface area contributed by atoms with Crippen LogP contribution >= 0.6 is 0 Å². The standard InChI is InChI=1S/C16H27NO3/c18-14(17-11-8-13-6-2-3-7-13)12-16(15(19)20)9-4-1-5-10-16/h13H,1-12H2,(H,17,18)(H,19,20). The van der Waals surface area contributed by atoms with E-state index in [2.05, 4.69) is 5.32 Å². The van der Waals surface area contributed by atoms with Crippen molar-refractivity contribution in [3.63, 3.8) is 0 Å². The van der Waals surface area contributed by atoms with Crippen molar-refractivity contribution in [2.75, 3.05) is 6.54 Å². The molecule has 2 fully saturated rings. The molecular weight excluding hydrogens is 254 g/mol. The molecule has 0 atom stereocenters. The van der Waals surface area contributed by atoms with Crippen molar-refractivity contribution >= 4 is 11.9 Å². The molecule has 0 bridgehead atoms. The van der Waals surface area contributed by atoms with Crippen molar-refractivity contribution in [1.82, 2.24) is 5.32 Å². The van der Waals surface area contributed by atoms with E-state index in [1.165, 1.54) is 25.7 Å². The fourth-order valence-electron chi connectivity index (χ4n) is 3.78. The molecule has 2 aliphatic carbocycles. The summed E-state index contributed by atoms with van der Waals surface area (Å²) in [5.74, 6) is -0.103. The van der Waals surface area contributed by atoms with Gasteiger partial charge in [0.1, 0.15) is 0 Å². The zero-order valence-electron chi connectivity index (χ0n) is 12.3. The van der Waals surface area contributed by atoms with Crippen LogP contribution in [0.3, 0.4) is 0 Å². The molecule has 2 N–H and O–H groups in total. The number of nitrogens with one attached hydrogen (secondary N) is 1. The van der Waals surface area contributed by atoms with Crippen molar-refractivity contribution in [3.05, 3.63) is 0 Å². The lowest BCUT2D eigenvalue weighted by atomic mass is 9.71. The number of amides is 1. The highest BCUT2D eigenvalue weighted by atomic mass is 16.4. The second-order valence-corrected chi connectivity index (χ2v) is 6.61. The van der Waals surface area contributed by atoms with Gasteiger partial charge in [-0.3, -0.25) is 9.59 Å². The van der Waals surface area contributed by atoms with Gasteiger partial charge in [0.15, 0.2) is 0 Å². The molecule has 0 radical (unpaired) electrons. The van der Waals surface area contributed by atoms with Crippen molar-refractivity contribution in [2.24, 2.45) is 11.3 Å². The maximum Gasteiger partial charge on any atom is 0.310 e. The summed E-state index contributed by atoms with van der Waals surface area (Å²) in [7, 11) is 0. The van der Waals surface area contributed by atoms with Crippen LogP contribution < -0.4 is 5.32 Å². The number of rotatable bonds is 6. The molecule has 2 aliphatic rings. The van der Waals surface area contributed by atoms with Crippen LogP contribution in [-0.4, -0.2) is 23.5 Å². The van der Waals surface area contributed by atoms with Crippen molar-refractivity contribution in [1.29, 1.82) is 0 Å². The van der Waals surface area contributed by atoms with E-state index in [1.54, 1.807) is 0 Å². The molecule has 0 spiro atoms. The molecule has 0 saturated heterocycles. The van der Waals surface area contributed by atoms with Crippen LogP contribution in [0.4, 0.5) is 0 Å². The van der Waals surface area contributed by atoms with Crippen molar-refractivity contribution < 1.29 is 14.7 Å². The Labute approximate surface area is 121 Å². The molecular formula is C16H27NO3. The molecule has 1 amide bonds. The van der Waals surface area contributed by atoms with Crippen LogP contribution in [0.5, 0.6) is 0 Å². The van der Waals surface area contributed by atoms with Gasteiger partial charge in [0.25, 0.3) is 0 Å². The Kier molecular flexibility index (Phi) is 5.44. The number of hydrogen-bond acceptors (Lipinski definition) is 2. The molecule has 4 nitrogen and oxygen atoms in total. The number of carboxylic acid groups (broad SMARTS) is 1. The minimum atomic E-state index is -0.796. The Morgan fingerprint density at radius 1 is 1.05 bits per heavy atom. The largest absolute Gasteiger partial charge is 0.481 e. The molecule has 0 aromatic carbocycles. The monoisotopic (exact) mass is 281 g/mol. The van der Waals surface area contributed by atoms with Crippen molar-refractivity contribution in [3.8, 4) is 0 Å². The van der Waals surface area contributed by atoms with Crippen LogP contribution in [-0.2, 0) is 9.59 Å². The molecule has 0 unspecified atom stereocenters. The summed E-state index contributed by atoms with van der Waals surface area (Å²) in [5.41, 5.74) is -0.796. The summed E-state index contributed by atoms with van der Waals surface area (Å²) in [4.78, 5) is 23.5. The lowest BCUT2D eigenvalue weighted by Gasteiger charge is -2.32. The van der Waals surface area contributed by atoms with Gasteiger partial charge in [0.2, 0.25) is 5.91 Å². The van der Waals surface area contributed by atoms with E-state index >= 15 is 0 Å². The van der Waals surface area contributed by atoms with Gasteiger partial charge in [-0.15, -0.1) is 0 Å². The van der Waals surface area contributed by atoms with Gasteiger partial charge in [-0.05, 0) is 25.2 Å². The third-order valence-electron chi connectivity index (χ3n) is 5.11. The molecule has 114 valence electrons. The van der Waals surface area contributed by atoms with E-state index in [9.17, 15) is 14.7 Å². The average molecular weight is 281 g/mol.